The van der Waals surface area contributed by atoms with Gasteiger partial charge >= 0.3 is 5.97 Å². The molecule has 1 heterocycles. The van der Waals surface area contributed by atoms with E-state index in [2.05, 4.69) is 5.10 Å². The molecule has 0 saturated carbocycles. The molecule has 0 fully saturated rings. The maximum absolute atomic E-state index is 11.5. The normalized spacial score (nSPS) is 10.6. The van der Waals surface area contributed by atoms with Crippen LogP contribution in [0.3, 0.4) is 0 Å². The fourth-order valence-electron chi connectivity index (χ4n) is 3.06. The van der Waals surface area contributed by atoms with Crippen LogP contribution < -0.4 is 9.47 Å². The van der Waals surface area contributed by atoms with E-state index in [0.29, 0.717) is 18.1 Å². The molecule has 1 N–H and O–H groups in total. The van der Waals surface area contributed by atoms with Crippen molar-refractivity contribution in [3.05, 3.63) is 90.6 Å². The molecule has 1 aromatic heterocycles. The molecular weight excluding hydrogens is 380 g/mol. The minimum atomic E-state index is -1.08. The molecule has 150 valence electrons. The zero-order valence-electron chi connectivity index (χ0n) is 16.4. The van der Waals surface area contributed by atoms with Crippen molar-refractivity contribution < 1.29 is 19.4 Å². The molecule has 0 aliphatic rings. The molecule has 3 aromatic carbocycles. The van der Waals surface area contributed by atoms with E-state index in [1.165, 1.54) is 0 Å². The van der Waals surface area contributed by atoms with Crippen molar-refractivity contribution in [2.45, 2.75) is 6.92 Å². The van der Waals surface area contributed by atoms with Gasteiger partial charge in [0.25, 0.3) is 0 Å². The minimum Gasteiger partial charge on any atom is -0.494 e. The number of carboxylic acid groups (broad SMARTS) is 1. The fourth-order valence-corrected chi connectivity index (χ4v) is 3.06. The van der Waals surface area contributed by atoms with E-state index in [4.69, 9.17) is 9.47 Å². The molecular formula is C24H20N2O4. The summed E-state index contributed by atoms with van der Waals surface area (Å²) in [5, 5.41) is 13.7. The second-order valence-electron chi connectivity index (χ2n) is 6.50. The highest BCUT2D eigenvalue weighted by molar-refractivity contribution is 5.87. The van der Waals surface area contributed by atoms with E-state index in [9.17, 15) is 9.90 Å². The lowest BCUT2D eigenvalue weighted by Gasteiger charge is -2.10. The number of carboxylic acids is 1. The molecule has 0 saturated heterocycles. The molecule has 0 unspecified atom stereocenters. The van der Waals surface area contributed by atoms with Gasteiger partial charge in [0.1, 0.15) is 17.2 Å². The Balaban J connectivity index is 1.66. The first-order valence-corrected chi connectivity index (χ1v) is 9.54. The lowest BCUT2D eigenvalue weighted by Crippen LogP contribution is -2.02. The first kappa shape index (κ1) is 19.3. The largest absolute Gasteiger partial charge is 0.494 e. The van der Waals surface area contributed by atoms with Crippen LogP contribution in [0.1, 0.15) is 17.4 Å². The van der Waals surface area contributed by atoms with Crippen LogP contribution in [-0.4, -0.2) is 27.5 Å². The standard InChI is InChI=1S/C24H20N2O4/c1-2-29-19-12-8-17(9-13-19)23-16-22(24(27)28)25-26(23)18-10-14-21(15-11-18)30-20-6-4-3-5-7-20/h3-16H,2H2,1H3,(H,27,28). The Kier molecular flexibility index (Phi) is 5.48. The van der Waals surface area contributed by atoms with Crippen molar-refractivity contribution in [3.63, 3.8) is 0 Å². The molecule has 0 aliphatic carbocycles. The van der Waals surface area contributed by atoms with Crippen molar-refractivity contribution in [2.24, 2.45) is 0 Å². The van der Waals surface area contributed by atoms with E-state index in [1.54, 1.807) is 10.7 Å². The van der Waals surface area contributed by atoms with Crippen LogP contribution in [0, 0.1) is 0 Å². The van der Waals surface area contributed by atoms with E-state index >= 15 is 0 Å². The second kappa shape index (κ2) is 8.53. The van der Waals surface area contributed by atoms with E-state index < -0.39 is 5.97 Å². The number of ether oxygens (including phenoxy) is 2. The summed E-state index contributed by atoms with van der Waals surface area (Å²) in [4.78, 5) is 11.5. The van der Waals surface area contributed by atoms with Crippen molar-refractivity contribution in [2.75, 3.05) is 6.61 Å². The fraction of sp³-hybridized carbons (Fsp3) is 0.0833. The highest BCUT2D eigenvalue weighted by atomic mass is 16.5. The maximum atomic E-state index is 11.5. The number of rotatable bonds is 7. The van der Waals surface area contributed by atoms with E-state index in [-0.39, 0.29) is 5.69 Å². The predicted octanol–water partition coefficient (Wildman–Crippen LogP) is 5.43. The third-order valence-corrected chi connectivity index (χ3v) is 4.45. The van der Waals surface area contributed by atoms with Crippen LogP contribution in [0.15, 0.2) is 84.9 Å². The van der Waals surface area contributed by atoms with Gasteiger partial charge in [-0.25, -0.2) is 9.48 Å². The maximum Gasteiger partial charge on any atom is 0.356 e. The number of aromatic carboxylic acids is 1. The Labute approximate surface area is 173 Å². The number of benzene rings is 3. The average molecular weight is 400 g/mol. The summed E-state index contributed by atoms with van der Waals surface area (Å²) in [6, 6.07) is 25.9. The van der Waals surface area contributed by atoms with Gasteiger partial charge in [0.15, 0.2) is 5.69 Å². The van der Waals surface area contributed by atoms with Crippen LogP contribution in [0.2, 0.25) is 0 Å². The van der Waals surface area contributed by atoms with Crippen molar-refractivity contribution in [1.29, 1.82) is 0 Å². The zero-order chi connectivity index (χ0) is 20.9. The summed E-state index contributed by atoms with van der Waals surface area (Å²) in [6.45, 7) is 2.51. The van der Waals surface area contributed by atoms with Gasteiger partial charge in [0.05, 0.1) is 18.0 Å². The van der Waals surface area contributed by atoms with Crippen LogP contribution in [-0.2, 0) is 0 Å². The predicted molar refractivity (Wildman–Crippen MR) is 114 cm³/mol. The lowest BCUT2D eigenvalue weighted by molar-refractivity contribution is 0.0690. The molecule has 0 radical (unpaired) electrons. The zero-order valence-corrected chi connectivity index (χ0v) is 16.4. The number of nitrogens with zero attached hydrogens (tertiary/aromatic N) is 2. The molecule has 4 aromatic rings. The molecule has 30 heavy (non-hydrogen) atoms. The third kappa shape index (κ3) is 4.17. The smallest absolute Gasteiger partial charge is 0.356 e. The summed E-state index contributed by atoms with van der Waals surface area (Å²) in [7, 11) is 0. The monoisotopic (exact) mass is 400 g/mol. The van der Waals surface area contributed by atoms with Gasteiger partial charge in [-0.1, -0.05) is 18.2 Å². The van der Waals surface area contributed by atoms with Gasteiger partial charge in [-0.2, -0.15) is 5.10 Å². The summed E-state index contributed by atoms with van der Waals surface area (Å²) in [5.74, 6) is 1.10. The third-order valence-electron chi connectivity index (χ3n) is 4.45. The summed E-state index contributed by atoms with van der Waals surface area (Å²) in [5.41, 5.74) is 2.21. The van der Waals surface area contributed by atoms with Gasteiger partial charge in [-0.3, -0.25) is 0 Å². The first-order valence-electron chi connectivity index (χ1n) is 9.54. The number of hydrogen-bond acceptors (Lipinski definition) is 4. The molecule has 4 rings (SSSR count). The van der Waals surface area contributed by atoms with E-state index in [0.717, 1.165) is 22.7 Å². The number of aromatic nitrogens is 2. The Bertz CT molecular complexity index is 1130. The highest BCUT2D eigenvalue weighted by Crippen LogP contribution is 2.28. The van der Waals surface area contributed by atoms with Gasteiger partial charge in [0.2, 0.25) is 0 Å². The van der Waals surface area contributed by atoms with Crippen LogP contribution >= 0.6 is 0 Å². The van der Waals surface area contributed by atoms with Gasteiger partial charge in [-0.15, -0.1) is 0 Å². The van der Waals surface area contributed by atoms with Gasteiger partial charge in [-0.05, 0) is 73.7 Å². The Morgan fingerprint density at radius 3 is 2.17 bits per heavy atom. The Morgan fingerprint density at radius 1 is 0.900 bits per heavy atom. The molecule has 6 heteroatoms. The summed E-state index contributed by atoms with van der Waals surface area (Å²) in [6.07, 6.45) is 0. The average Bonchev–Trinajstić information content (AvgIpc) is 3.22. The summed E-state index contributed by atoms with van der Waals surface area (Å²) >= 11 is 0. The molecule has 0 amide bonds. The van der Waals surface area contributed by atoms with Gasteiger partial charge in [0, 0.05) is 5.56 Å². The number of carbonyl (C=O) groups is 1. The SMILES string of the molecule is CCOc1ccc(-c2cc(C(=O)O)nn2-c2ccc(Oc3ccccc3)cc2)cc1. The molecule has 0 aliphatic heterocycles. The van der Waals surface area contributed by atoms with Crippen molar-refractivity contribution >= 4 is 5.97 Å². The van der Waals surface area contributed by atoms with Gasteiger partial charge < -0.3 is 14.6 Å². The highest BCUT2D eigenvalue weighted by Gasteiger charge is 2.16. The topological polar surface area (TPSA) is 73.6 Å². The van der Waals surface area contributed by atoms with Crippen LogP contribution in [0.5, 0.6) is 17.2 Å². The Morgan fingerprint density at radius 2 is 1.53 bits per heavy atom. The molecule has 0 bridgehead atoms. The van der Waals surface area contributed by atoms with Crippen LogP contribution in [0.4, 0.5) is 0 Å². The lowest BCUT2D eigenvalue weighted by atomic mass is 10.1. The van der Waals surface area contributed by atoms with E-state index in [1.807, 2.05) is 85.8 Å². The first-order chi connectivity index (χ1) is 14.6. The summed E-state index contributed by atoms with van der Waals surface area (Å²) < 4.78 is 12.9. The van der Waals surface area contributed by atoms with Crippen molar-refractivity contribution in [3.8, 4) is 34.2 Å². The number of hydrogen-bond donors (Lipinski definition) is 1. The van der Waals surface area contributed by atoms with Crippen molar-refractivity contribution in [1.82, 2.24) is 9.78 Å². The quantitative estimate of drug-likeness (QED) is 0.448. The van der Waals surface area contributed by atoms with Crippen LogP contribution in [0.25, 0.3) is 16.9 Å². The number of para-hydroxylation sites is 1. The minimum absolute atomic E-state index is 0.0245. The Hall–Kier alpha value is -4.06. The molecule has 0 spiro atoms. The molecule has 6 nitrogen and oxygen atoms in total. The molecule has 0 atom stereocenters. The second-order valence-corrected chi connectivity index (χ2v) is 6.50.